The van der Waals surface area contributed by atoms with Gasteiger partial charge in [0.15, 0.2) is 17.3 Å². The van der Waals surface area contributed by atoms with Crippen LogP contribution >= 0.6 is 0 Å². The van der Waals surface area contributed by atoms with Crippen LogP contribution in [0.1, 0.15) is 42.9 Å². The van der Waals surface area contributed by atoms with Gasteiger partial charge in [-0.25, -0.2) is 0 Å². The fourth-order valence-corrected chi connectivity index (χ4v) is 2.10. The monoisotopic (exact) mass is 303 g/mol. The molecule has 1 amide bonds. The molecular weight excluding hydrogens is 282 g/mol. The zero-order valence-corrected chi connectivity index (χ0v) is 13.1. The Morgan fingerprint density at radius 3 is 2.55 bits per heavy atom. The van der Waals surface area contributed by atoms with Gasteiger partial charge < -0.3 is 19.2 Å². The second kappa shape index (κ2) is 7.54. The highest BCUT2D eigenvalue weighted by molar-refractivity contribution is 5.91. The molecule has 0 bridgehead atoms. The van der Waals surface area contributed by atoms with Gasteiger partial charge in [0.2, 0.25) is 0 Å². The van der Waals surface area contributed by atoms with Crippen LogP contribution < -0.4 is 14.8 Å². The fourth-order valence-electron chi connectivity index (χ4n) is 2.10. The Bertz CT molecular complexity index is 607. The smallest absolute Gasteiger partial charge is 0.287 e. The lowest BCUT2D eigenvalue weighted by Crippen LogP contribution is -2.26. The van der Waals surface area contributed by atoms with Crippen molar-refractivity contribution in [2.24, 2.45) is 0 Å². The predicted octanol–water partition coefficient (Wildman–Crippen LogP) is 3.57. The maximum atomic E-state index is 12.0. The molecule has 0 spiro atoms. The summed E-state index contributed by atoms with van der Waals surface area (Å²) in [6.07, 6.45) is 1.48. The number of carbonyl (C=O) groups is 1. The van der Waals surface area contributed by atoms with E-state index in [1.54, 1.807) is 12.1 Å². The molecular formula is C17H21NO4. The number of nitrogens with one attached hydrogen (secondary N) is 1. The van der Waals surface area contributed by atoms with Crippen LogP contribution in [0.2, 0.25) is 0 Å². The molecule has 2 rings (SSSR count). The van der Waals surface area contributed by atoms with Crippen LogP contribution in [-0.2, 0) is 0 Å². The van der Waals surface area contributed by atoms with Crippen LogP contribution in [0.15, 0.2) is 41.0 Å². The Hall–Kier alpha value is -2.43. The summed E-state index contributed by atoms with van der Waals surface area (Å²) < 4.78 is 16.2. The summed E-state index contributed by atoms with van der Waals surface area (Å²) in [6.45, 7) is 6.88. The number of furan rings is 1. The second-order valence-corrected chi connectivity index (χ2v) is 4.74. The molecule has 0 unspecified atom stereocenters. The van der Waals surface area contributed by atoms with Gasteiger partial charge in [-0.05, 0) is 50.6 Å². The molecule has 0 saturated heterocycles. The van der Waals surface area contributed by atoms with Crippen LogP contribution in [-0.4, -0.2) is 19.1 Å². The molecule has 0 fully saturated rings. The highest BCUT2D eigenvalue weighted by atomic mass is 16.5. The summed E-state index contributed by atoms with van der Waals surface area (Å²) in [5.41, 5.74) is 0.937. The van der Waals surface area contributed by atoms with E-state index in [1.165, 1.54) is 6.26 Å². The van der Waals surface area contributed by atoms with Gasteiger partial charge >= 0.3 is 0 Å². The molecule has 0 aliphatic carbocycles. The average Bonchev–Trinajstić information content (AvgIpc) is 3.04. The third-order valence-electron chi connectivity index (χ3n) is 3.16. The number of hydrogen-bond acceptors (Lipinski definition) is 4. The number of rotatable bonds is 7. The van der Waals surface area contributed by atoms with E-state index in [9.17, 15) is 4.79 Å². The van der Waals surface area contributed by atoms with Crippen molar-refractivity contribution in [1.29, 1.82) is 0 Å². The second-order valence-electron chi connectivity index (χ2n) is 4.74. The van der Waals surface area contributed by atoms with Gasteiger partial charge in [0.1, 0.15) is 0 Å². The SMILES string of the molecule is CCOc1ccc([C@@H](C)NC(=O)c2ccco2)cc1OCC. The molecule has 0 radical (unpaired) electrons. The minimum atomic E-state index is -0.246. The van der Waals surface area contributed by atoms with Crippen LogP contribution in [0.4, 0.5) is 0 Å². The van der Waals surface area contributed by atoms with E-state index >= 15 is 0 Å². The lowest BCUT2D eigenvalue weighted by Gasteiger charge is -2.17. The van der Waals surface area contributed by atoms with Gasteiger partial charge in [0.05, 0.1) is 25.5 Å². The number of amides is 1. The Labute approximate surface area is 130 Å². The summed E-state index contributed by atoms with van der Waals surface area (Å²) >= 11 is 0. The predicted molar refractivity (Wildman–Crippen MR) is 83.4 cm³/mol. The molecule has 118 valence electrons. The topological polar surface area (TPSA) is 60.7 Å². The standard InChI is InChI=1S/C17H21NO4/c1-4-20-14-9-8-13(11-16(14)21-5-2)12(3)18-17(19)15-7-6-10-22-15/h6-12H,4-5H2,1-3H3,(H,18,19)/t12-/m1/s1. The number of ether oxygens (including phenoxy) is 2. The third kappa shape index (κ3) is 3.81. The largest absolute Gasteiger partial charge is 0.490 e. The van der Waals surface area contributed by atoms with Crippen molar-refractivity contribution in [2.45, 2.75) is 26.8 Å². The van der Waals surface area contributed by atoms with Crippen molar-refractivity contribution in [1.82, 2.24) is 5.32 Å². The molecule has 2 aromatic rings. The summed E-state index contributed by atoms with van der Waals surface area (Å²) in [5.74, 6) is 1.44. The van der Waals surface area contributed by atoms with Crippen molar-refractivity contribution in [3.8, 4) is 11.5 Å². The Kier molecular flexibility index (Phi) is 5.47. The fraction of sp³-hybridized carbons (Fsp3) is 0.353. The first kappa shape index (κ1) is 15.9. The maximum Gasteiger partial charge on any atom is 0.287 e. The normalized spacial score (nSPS) is 11.8. The number of hydrogen-bond donors (Lipinski definition) is 1. The zero-order chi connectivity index (χ0) is 15.9. The molecule has 1 heterocycles. The van der Waals surface area contributed by atoms with Gasteiger partial charge in [-0.3, -0.25) is 4.79 Å². The van der Waals surface area contributed by atoms with E-state index in [0.717, 1.165) is 5.56 Å². The molecule has 1 atom stereocenters. The van der Waals surface area contributed by atoms with Gasteiger partial charge in [0.25, 0.3) is 5.91 Å². The van der Waals surface area contributed by atoms with Gasteiger partial charge in [0, 0.05) is 0 Å². The van der Waals surface area contributed by atoms with Crippen LogP contribution in [0, 0.1) is 0 Å². The molecule has 22 heavy (non-hydrogen) atoms. The number of benzene rings is 1. The molecule has 0 aliphatic heterocycles. The van der Waals surface area contributed by atoms with Crippen molar-refractivity contribution in [3.63, 3.8) is 0 Å². The van der Waals surface area contributed by atoms with Crippen molar-refractivity contribution in [2.75, 3.05) is 13.2 Å². The first-order valence-corrected chi connectivity index (χ1v) is 7.39. The van der Waals surface area contributed by atoms with E-state index in [2.05, 4.69) is 5.32 Å². The Morgan fingerprint density at radius 2 is 1.91 bits per heavy atom. The van der Waals surface area contributed by atoms with E-state index in [0.29, 0.717) is 30.5 Å². The Balaban J connectivity index is 2.13. The van der Waals surface area contributed by atoms with Crippen molar-refractivity contribution < 1.29 is 18.7 Å². The van der Waals surface area contributed by atoms with E-state index in [4.69, 9.17) is 13.9 Å². The van der Waals surface area contributed by atoms with Gasteiger partial charge in [-0.1, -0.05) is 6.07 Å². The quantitative estimate of drug-likeness (QED) is 0.849. The van der Waals surface area contributed by atoms with Gasteiger partial charge in [-0.15, -0.1) is 0 Å². The molecule has 0 aliphatic rings. The molecule has 1 aromatic carbocycles. The lowest BCUT2D eigenvalue weighted by molar-refractivity contribution is 0.0912. The van der Waals surface area contributed by atoms with E-state index in [-0.39, 0.29) is 11.9 Å². The summed E-state index contributed by atoms with van der Waals surface area (Å²) in [5, 5.41) is 2.89. The summed E-state index contributed by atoms with van der Waals surface area (Å²) in [4.78, 5) is 12.0. The van der Waals surface area contributed by atoms with Crippen molar-refractivity contribution >= 4 is 5.91 Å². The third-order valence-corrected chi connectivity index (χ3v) is 3.16. The van der Waals surface area contributed by atoms with Crippen molar-refractivity contribution in [3.05, 3.63) is 47.9 Å². The molecule has 1 aromatic heterocycles. The lowest BCUT2D eigenvalue weighted by atomic mass is 10.1. The highest BCUT2D eigenvalue weighted by Gasteiger charge is 2.15. The van der Waals surface area contributed by atoms with Crippen LogP contribution in [0.5, 0.6) is 11.5 Å². The first-order valence-electron chi connectivity index (χ1n) is 7.39. The molecule has 0 saturated carbocycles. The number of carbonyl (C=O) groups excluding carboxylic acids is 1. The van der Waals surface area contributed by atoms with Gasteiger partial charge in [-0.2, -0.15) is 0 Å². The molecule has 5 nitrogen and oxygen atoms in total. The average molecular weight is 303 g/mol. The Morgan fingerprint density at radius 1 is 1.18 bits per heavy atom. The zero-order valence-electron chi connectivity index (χ0n) is 13.1. The molecule has 5 heteroatoms. The van der Waals surface area contributed by atoms with Crippen LogP contribution in [0.25, 0.3) is 0 Å². The van der Waals surface area contributed by atoms with E-state index < -0.39 is 0 Å². The van der Waals surface area contributed by atoms with Crippen LogP contribution in [0.3, 0.4) is 0 Å². The first-order chi connectivity index (χ1) is 10.7. The summed E-state index contributed by atoms with van der Waals surface area (Å²) in [6, 6.07) is 8.81. The summed E-state index contributed by atoms with van der Waals surface area (Å²) in [7, 11) is 0. The van der Waals surface area contributed by atoms with E-state index in [1.807, 2.05) is 39.0 Å². The minimum Gasteiger partial charge on any atom is -0.490 e. The molecule has 1 N–H and O–H groups in total. The minimum absolute atomic E-state index is 0.174. The maximum absolute atomic E-state index is 12.0. The highest BCUT2D eigenvalue weighted by Crippen LogP contribution is 2.30.